The summed E-state index contributed by atoms with van der Waals surface area (Å²) in [5.41, 5.74) is 1.37. The Bertz CT molecular complexity index is 895. The highest BCUT2D eigenvalue weighted by molar-refractivity contribution is 6.38. The number of aromatic carboxylic acids is 1. The molecule has 3 rings (SSSR count). The van der Waals surface area contributed by atoms with Crippen molar-refractivity contribution in [2.24, 2.45) is 0 Å². The number of carboxylic acids is 1. The molecule has 3 nitrogen and oxygen atoms in total. The molecule has 1 heterocycles. The Balaban J connectivity index is 2.34. The zero-order valence-corrected chi connectivity index (χ0v) is 12.5. The summed E-state index contributed by atoms with van der Waals surface area (Å²) in [6.07, 6.45) is 0. The van der Waals surface area contributed by atoms with Crippen molar-refractivity contribution in [1.29, 1.82) is 0 Å². The molecule has 0 aliphatic rings. The molecular weight excluding hydrogens is 328 g/mol. The van der Waals surface area contributed by atoms with Crippen molar-refractivity contribution < 1.29 is 14.3 Å². The number of pyridine rings is 1. The highest BCUT2D eigenvalue weighted by Crippen LogP contribution is 2.32. The fourth-order valence-electron chi connectivity index (χ4n) is 2.20. The molecule has 0 saturated carbocycles. The summed E-state index contributed by atoms with van der Waals surface area (Å²) in [5, 5.41) is 10.4. The van der Waals surface area contributed by atoms with Crippen LogP contribution < -0.4 is 0 Å². The molecule has 1 aromatic heterocycles. The van der Waals surface area contributed by atoms with Gasteiger partial charge in [-0.2, -0.15) is 0 Å². The molecule has 0 unspecified atom stereocenters. The second-order valence-electron chi connectivity index (χ2n) is 4.65. The molecule has 110 valence electrons. The van der Waals surface area contributed by atoms with Gasteiger partial charge in [-0.15, -0.1) is 0 Å². The zero-order valence-electron chi connectivity index (χ0n) is 11.0. The number of aromatic nitrogens is 1. The van der Waals surface area contributed by atoms with Crippen LogP contribution >= 0.6 is 23.2 Å². The molecular formula is C16H8Cl2FNO2. The lowest BCUT2D eigenvalue weighted by Crippen LogP contribution is -2.00. The first-order valence-corrected chi connectivity index (χ1v) is 7.00. The van der Waals surface area contributed by atoms with E-state index in [4.69, 9.17) is 23.2 Å². The predicted octanol–water partition coefficient (Wildman–Crippen LogP) is 5.05. The van der Waals surface area contributed by atoms with Gasteiger partial charge in [0.05, 0.1) is 21.8 Å². The van der Waals surface area contributed by atoms with Crippen molar-refractivity contribution in [3.63, 3.8) is 0 Å². The van der Waals surface area contributed by atoms with Gasteiger partial charge in [0.1, 0.15) is 5.82 Å². The Kier molecular flexibility index (Phi) is 3.72. The summed E-state index contributed by atoms with van der Waals surface area (Å²) < 4.78 is 13.0. The van der Waals surface area contributed by atoms with E-state index in [0.717, 1.165) is 0 Å². The van der Waals surface area contributed by atoms with Crippen molar-refractivity contribution in [1.82, 2.24) is 4.98 Å². The van der Waals surface area contributed by atoms with Gasteiger partial charge < -0.3 is 5.11 Å². The van der Waals surface area contributed by atoms with Crippen molar-refractivity contribution >= 4 is 40.1 Å². The van der Waals surface area contributed by atoms with Crippen LogP contribution in [0.15, 0.2) is 42.5 Å². The summed E-state index contributed by atoms with van der Waals surface area (Å²) >= 11 is 12.1. The van der Waals surface area contributed by atoms with Crippen molar-refractivity contribution in [2.75, 3.05) is 0 Å². The minimum atomic E-state index is -1.12. The fraction of sp³-hybridized carbons (Fsp3) is 0. The molecule has 0 spiro atoms. The van der Waals surface area contributed by atoms with Gasteiger partial charge in [-0.25, -0.2) is 14.2 Å². The first-order valence-electron chi connectivity index (χ1n) is 6.25. The van der Waals surface area contributed by atoms with E-state index in [-0.39, 0.29) is 16.4 Å². The molecule has 0 atom stereocenters. The van der Waals surface area contributed by atoms with Crippen LogP contribution in [0.25, 0.3) is 22.2 Å². The highest BCUT2D eigenvalue weighted by atomic mass is 35.5. The maximum atomic E-state index is 13.0. The minimum absolute atomic E-state index is 0.0359. The first kappa shape index (κ1) is 14.8. The Morgan fingerprint density at radius 3 is 2.41 bits per heavy atom. The van der Waals surface area contributed by atoms with Gasteiger partial charge >= 0.3 is 5.97 Å². The van der Waals surface area contributed by atoms with Crippen LogP contribution in [0, 0.1) is 5.82 Å². The molecule has 0 aliphatic carbocycles. The SMILES string of the molecule is O=C(O)c1cc(-c2ccc(F)cc2)nc2c(Cl)cc(Cl)cc12. The van der Waals surface area contributed by atoms with E-state index in [1.54, 1.807) is 0 Å². The van der Waals surface area contributed by atoms with E-state index in [0.29, 0.717) is 27.2 Å². The fourth-order valence-corrected chi connectivity index (χ4v) is 2.73. The number of benzene rings is 2. The molecule has 3 aromatic rings. The van der Waals surface area contributed by atoms with Crippen molar-refractivity contribution in [3.8, 4) is 11.3 Å². The molecule has 0 radical (unpaired) electrons. The lowest BCUT2D eigenvalue weighted by molar-refractivity contribution is 0.0699. The Morgan fingerprint density at radius 2 is 1.77 bits per heavy atom. The van der Waals surface area contributed by atoms with Gasteiger partial charge in [-0.05, 0) is 42.5 Å². The van der Waals surface area contributed by atoms with Crippen LogP contribution in [0.4, 0.5) is 4.39 Å². The Hall–Kier alpha value is -2.17. The van der Waals surface area contributed by atoms with E-state index in [1.807, 2.05) is 0 Å². The number of carbonyl (C=O) groups is 1. The quantitative estimate of drug-likeness (QED) is 0.713. The number of hydrogen-bond donors (Lipinski definition) is 1. The summed E-state index contributed by atoms with van der Waals surface area (Å²) in [6.45, 7) is 0. The maximum absolute atomic E-state index is 13.0. The molecule has 0 bridgehead atoms. The van der Waals surface area contributed by atoms with Gasteiger partial charge in [0, 0.05) is 16.0 Å². The summed E-state index contributed by atoms with van der Waals surface area (Å²) in [5.74, 6) is -1.50. The second-order valence-corrected chi connectivity index (χ2v) is 5.49. The summed E-state index contributed by atoms with van der Waals surface area (Å²) in [4.78, 5) is 15.9. The highest BCUT2D eigenvalue weighted by Gasteiger charge is 2.15. The lowest BCUT2D eigenvalue weighted by atomic mass is 10.0. The van der Waals surface area contributed by atoms with E-state index >= 15 is 0 Å². The standard InChI is InChI=1S/C16H8Cl2FNO2/c17-9-5-11-12(16(21)22)7-14(20-15(11)13(18)6-9)8-1-3-10(19)4-2-8/h1-7H,(H,21,22). The second kappa shape index (κ2) is 5.55. The van der Waals surface area contributed by atoms with E-state index in [2.05, 4.69) is 4.98 Å². The Morgan fingerprint density at radius 1 is 1.09 bits per heavy atom. The molecule has 0 aliphatic heterocycles. The van der Waals surface area contributed by atoms with Crippen molar-refractivity contribution in [2.45, 2.75) is 0 Å². The average molecular weight is 336 g/mol. The van der Waals surface area contributed by atoms with Gasteiger partial charge in [0.15, 0.2) is 0 Å². The topological polar surface area (TPSA) is 50.2 Å². The molecule has 22 heavy (non-hydrogen) atoms. The van der Waals surface area contributed by atoms with Crippen LogP contribution in [0.1, 0.15) is 10.4 Å². The average Bonchev–Trinajstić information content (AvgIpc) is 2.47. The smallest absolute Gasteiger partial charge is 0.336 e. The predicted molar refractivity (Wildman–Crippen MR) is 84.1 cm³/mol. The zero-order chi connectivity index (χ0) is 15.9. The molecule has 6 heteroatoms. The van der Waals surface area contributed by atoms with Crippen LogP contribution in [0.3, 0.4) is 0 Å². The number of rotatable bonds is 2. The third-order valence-corrected chi connectivity index (χ3v) is 3.71. The molecule has 1 N–H and O–H groups in total. The molecule has 2 aromatic carbocycles. The van der Waals surface area contributed by atoms with Gasteiger partial charge in [-0.3, -0.25) is 0 Å². The minimum Gasteiger partial charge on any atom is -0.478 e. The largest absolute Gasteiger partial charge is 0.478 e. The number of hydrogen-bond acceptors (Lipinski definition) is 2. The van der Waals surface area contributed by atoms with Crippen molar-refractivity contribution in [3.05, 3.63) is 63.9 Å². The van der Waals surface area contributed by atoms with Crippen LogP contribution in [-0.2, 0) is 0 Å². The molecule has 0 fully saturated rings. The normalized spacial score (nSPS) is 10.9. The van der Waals surface area contributed by atoms with Crippen LogP contribution in [0.2, 0.25) is 10.0 Å². The summed E-state index contributed by atoms with van der Waals surface area (Å²) in [7, 11) is 0. The van der Waals surface area contributed by atoms with Gasteiger partial charge in [0.25, 0.3) is 0 Å². The molecule has 0 saturated heterocycles. The first-order chi connectivity index (χ1) is 10.5. The van der Waals surface area contributed by atoms with Gasteiger partial charge in [0.2, 0.25) is 0 Å². The monoisotopic (exact) mass is 335 g/mol. The van der Waals surface area contributed by atoms with E-state index < -0.39 is 5.97 Å². The Labute approximate surface area is 134 Å². The van der Waals surface area contributed by atoms with E-state index in [9.17, 15) is 14.3 Å². The summed E-state index contributed by atoms with van der Waals surface area (Å²) in [6, 6.07) is 10.0. The van der Waals surface area contributed by atoms with Gasteiger partial charge in [-0.1, -0.05) is 23.2 Å². The molecule has 0 amide bonds. The van der Waals surface area contributed by atoms with E-state index in [1.165, 1.54) is 42.5 Å². The third kappa shape index (κ3) is 2.63. The lowest BCUT2D eigenvalue weighted by Gasteiger charge is -2.09. The number of fused-ring (bicyclic) bond motifs is 1. The number of nitrogens with zero attached hydrogens (tertiary/aromatic N) is 1. The maximum Gasteiger partial charge on any atom is 0.336 e. The number of carboxylic acid groups (broad SMARTS) is 1. The van der Waals surface area contributed by atoms with Crippen LogP contribution in [-0.4, -0.2) is 16.1 Å². The third-order valence-electron chi connectivity index (χ3n) is 3.20. The van der Waals surface area contributed by atoms with Crippen LogP contribution in [0.5, 0.6) is 0 Å². The number of halogens is 3.